The molecule has 1 saturated heterocycles. The van der Waals surface area contributed by atoms with Crippen molar-refractivity contribution in [2.45, 2.75) is 30.4 Å². The normalized spacial score (nSPS) is 20.9. The van der Waals surface area contributed by atoms with Gasteiger partial charge in [0.15, 0.2) is 11.3 Å². The minimum Gasteiger partial charge on any atom is -0.349 e. The zero-order valence-electron chi connectivity index (χ0n) is 16.2. The summed E-state index contributed by atoms with van der Waals surface area (Å²) < 4.78 is 28.5. The van der Waals surface area contributed by atoms with Crippen LogP contribution in [0.3, 0.4) is 0 Å². The second-order valence-corrected chi connectivity index (χ2v) is 10.0. The first-order valence-corrected chi connectivity index (χ1v) is 11.1. The predicted molar refractivity (Wildman–Crippen MR) is 105 cm³/mol. The fourth-order valence-electron chi connectivity index (χ4n) is 3.67. The number of imidazole rings is 1. The number of hydrogen-bond acceptors (Lipinski definition) is 6. The minimum absolute atomic E-state index is 0.0675. The van der Waals surface area contributed by atoms with Crippen molar-refractivity contribution in [3.05, 3.63) is 30.0 Å². The molecule has 1 amide bonds. The van der Waals surface area contributed by atoms with Crippen LogP contribution in [0.15, 0.2) is 18.6 Å². The van der Waals surface area contributed by atoms with Crippen LogP contribution in [-0.4, -0.2) is 83.4 Å². The Balaban J connectivity index is 1.53. The van der Waals surface area contributed by atoms with Gasteiger partial charge in [0.05, 0.1) is 5.25 Å². The summed E-state index contributed by atoms with van der Waals surface area (Å²) >= 11 is 0. The Labute approximate surface area is 164 Å². The van der Waals surface area contributed by atoms with Crippen molar-refractivity contribution < 1.29 is 13.2 Å². The Kier molecular flexibility index (Phi) is 5.11. The van der Waals surface area contributed by atoms with Gasteiger partial charge in [0.1, 0.15) is 6.33 Å². The van der Waals surface area contributed by atoms with E-state index >= 15 is 0 Å². The molecule has 3 heterocycles. The standard InChI is InChI=1S/C18H26N6O3S/c1-22(2)10-8-20-18(25)16-17-19-7-5-15(24(17)12-21-16)13-6-9-23(11-13)28(26,27)14-3-4-14/h5,7,12-14H,3-4,6,8-11H2,1-2H3,(H,20,25)/t13-/m1/s1. The smallest absolute Gasteiger partial charge is 0.273 e. The van der Waals surface area contributed by atoms with E-state index < -0.39 is 10.0 Å². The summed E-state index contributed by atoms with van der Waals surface area (Å²) in [5.41, 5.74) is 1.74. The average Bonchev–Trinajstić information content (AvgIpc) is 3.24. The lowest BCUT2D eigenvalue weighted by Crippen LogP contribution is -2.32. The van der Waals surface area contributed by atoms with E-state index in [1.165, 1.54) is 0 Å². The zero-order chi connectivity index (χ0) is 19.9. The number of likely N-dealkylation sites (N-methyl/N-ethyl adjacent to an activating group) is 1. The molecule has 4 rings (SSSR count). The Morgan fingerprint density at radius 3 is 2.79 bits per heavy atom. The van der Waals surface area contributed by atoms with Gasteiger partial charge in [-0.1, -0.05) is 0 Å². The van der Waals surface area contributed by atoms with Gasteiger partial charge in [-0.25, -0.2) is 22.7 Å². The molecule has 10 heteroatoms. The van der Waals surface area contributed by atoms with Crippen LogP contribution in [0.4, 0.5) is 0 Å². The Morgan fingerprint density at radius 2 is 2.07 bits per heavy atom. The van der Waals surface area contributed by atoms with Gasteiger partial charge in [-0.15, -0.1) is 0 Å². The molecule has 152 valence electrons. The maximum Gasteiger partial charge on any atom is 0.273 e. The van der Waals surface area contributed by atoms with Crippen LogP contribution in [0.25, 0.3) is 5.65 Å². The molecule has 1 atom stereocenters. The van der Waals surface area contributed by atoms with Crippen molar-refractivity contribution >= 4 is 21.6 Å². The lowest BCUT2D eigenvalue weighted by atomic mass is 10.0. The SMILES string of the molecule is CN(C)CCNC(=O)c1ncn2c([C@@H]3CCN(S(=O)(=O)C4CC4)C3)ccnc12. The average molecular weight is 407 g/mol. The van der Waals surface area contributed by atoms with E-state index in [4.69, 9.17) is 0 Å². The molecule has 0 spiro atoms. The van der Waals surface area contributed by atoms with Crippen molar-refractivity contribution in [1.82, 2.24) is 28.9 Å². The van der Waals surface area contributed by atoms with E-state index in [1.54, 1.807) is 16.8 Å². The Morgan fingerprint density at radius 1 is 1.29 bits per heavy atom. The summed E-state index contributed by atoms with van der Waals surface area (Å²) in [5, 5.41) is 2.67. The molecule has 1 aliphatic carbocycles. The summed E-state index contributed by atoms with van der Waals surface area (Å²) in [6.07, 6.45) is 5.58. The van der Waals surface area contributed by atoms with E-state index in [2.05, 4.69) is 15.3 Å². The number of aromatic nitrogens is 3. The highest BCUT2D eigenvalue weighted by molar-refractivity contribution is 7.90. The van der Waals surface area contributed by atoms with Crippen LogP contribution in [0.5, 0.6) is 0 Å². The third kappa shape index (κ3) is 3.63. The summed E-state index contributed by atoms with van der Waals surface area (Å²) in [4.78, 5) is 23.1. The molecule has 1 aliphatic heterocycles. The second kappa shape index (κ2) is 7.41. The Hall–Kier alpha value is -2.04. The van der Waals surface area contributed by atoms with Gasteiger partial charge >= 0.3 is 0 Å². The van der Waals surface area contributed by atoms with Crippen LogP contribution >= 0.6 is 0 Å². The zero-order valence-corrected chi connectivity index (χ0v) is 17.0. The highest BCUT2D eigenvalue weighted by Gasteiger charge is 2.43. The van der Waals surface area contributed by atoms with Crippen LogP contribution in [0, 0.1) is 0 Å². The van der Waals surface area contributed by atoms with E-state index in [1.807, 2.05) is 29.5 Å². The maximum atomic E-state index is 12.5. The number of sulfonamides is 1. The number of rotatable bonds is 7. The highest BCUT2D eigenvalue weighted by Crippen LogP contribution is 2.36. The number of carbonyl (C=O) groups is 1. The van der Waals surface area contributed by atoms with Crippen molar-refractivity contribution in [3.8, 4) is 0 Å². The number of amides is 1. The molecule has 0 aromatic carbocycles. The fourth-order valence-corrected chi connectivity index (χ4v) is 5.57. The van der Waals surface area contributed by atoms with Gasteiger partial charge in [-0.2, -0.15) is 0 Å². The van der Waals surface area contributed by atoms with Crippen molar-refractivity contribution in [2.24, 2.45) is 0 Å². The Bertz CT molecular complexity index is 982. The molecule has 2 aliphatic rings. The van der Waals surface area contributed by atoms with Crippen LogP contribution in [0.1, 0.15) is 41.4 Å². The first kappa shape index (κ1) is 19.3. The number of nitrogens with one attached hydrogen (secondary N) is 1. The predicted octanol–water partition coefficient (Wildman–Crippen LogP) is 0.302. The number of carbonyl (C=O) groups excluding carboxylic acids is 1. The first-order chi connectivity index (χ1) is 13.4. The third-order valence-electron chi connectivity index (χ3n) is 5.40. The van der Waals surface area contributed by atoms with E-state index in [-0.39, 0.29) is 17.1 Å². The summed E-state index contributed by atoms with van der Waals surface area (Å²) in [5.74, 6) is -0.184. The number of nitrogens with zero attached hydrogens (tertiary/aromatic N) is 5. The molecule has 0 unspecified atom stereocenters. The third-order valence-corrected chi connectivity index (χ3v) is 7.76. The number of fused-ring (bicyclic) bond motifs is 1. The largest absolute Gasteiger partial charge is 0.349 e. The van der Waals surface area contributed by atoms with Gasteiger partial charge in [-0.05, 0) is 39.4 Å². The van der Waals surface area contributed by atoms with Crippen LogP contribution in [-0.2, 0) is 10.0 Å². The maximum absolute atomic E-state index is 12.5. The molecular formula is C18H26N6O3S. The number of hydrogen-bond donors (Lipinski definition) is 1. The quantitative estimate of drug-likeness (QED) is 0.710. The molecule has 2 fully saturated rings. The lowest BCUT2D eigenvalue weighted by molar-refractivity contribution is 0.0948. The monoisotopic (exact) mass is 406 g/mol. The molecule has 2 aromatic rings. The van der Waals surface area contributed by atoms with E-state index in [9.17, 15) is 13.2 Å². The minimum atomic E-state index is -3.16. The van der Waals surface area contributed by atoms with Crippen LogP contribution < -0.4 is 5.32 Å². The lowest BCUT2D eigenvalue weighted by Gasteiger charge is -2.16. The molecule has 2 aromatic heterocycles. The van der Waals surface area contributed by atoms with E-state index in [0.717, 1.165) is 31.5 Å². The topological polar surface area (TPSA) is 99.9 Å². The summed E-state index contributed by atoms with van der Waals surface area (Å²) in [6, 6.07) is 1.89. The molecule has 9 nitrogen and oxygen atoms in total. The summed E-state index contributed by atoms with van der Waals surface area (Å²) in [6.45, 7) is 2.28. The van der Waals surface area contributed by atoms with Gasteiger partial charge < -0.3 is 10.2 Å². The van der Waals surface area contributed by atoms with Crippen molar-refractivity contribution in [2.75, 3.05) is 40.3 Å². The molecule has 0 radical (unpaired) electrons. The molecule has 1 N–H and O–H groups in total. The van der Waals surface area contributed by atoms with Gasteiger partial charge in [0.2, 0.25) is 10.0 Å². The fraction of sp³-hybridized carbons (Fsp3) is 0.611. The van der Waals surface area contributed by atoms with Gasteiger partial charge in [-0.3, -0.25) is 9.20 Å². The van der Waals surface area contributed by atoms with E-state index in [0.29, 0.717) is 31.0 Å². The van der Waals surface area contributed by atoms with Gasteiger partial charge in [0.25, 0.3) is 5.91 Å². The molecule has 1 saturated carbocycles. The highest BCUT2D eigenvalue weighted by atomic mass is 32.2. The summed E-state index contributed by atoms with van der Waals surface area (Å²) in [7, 11) is 0.729. The molecule has 28 heavy (non-hydrogen) atoms. The molecule has 0 bridgehead atoms. The van der Waals surface area contributed by atoms with Crippen molar-refractivity contribution in [1.29, 1.82) is 0 Å². The van der Waals surface area contributed by atoms with Crippen molar-refractivity contribution in [3.63, 3.8) is 0 Å². The first-order valence-electron chi connectivity index (χ1n) is 9.62. The van der Waals surface area contributed by atoms with Gasteiger partial charge in [0, 0.05) is 44.0 Å². The molecular weight excluding hydrogens is 380 g/mol. The second-order valence-electron chi connectivity index (χ2n) is 7.80. The van der Waals surface area contributed by atoms with Crippen LogP contribution in [0.2, 0.25) is 0 Å².